The number of nitrogens with zero attached hydrogens (tertiary/aromatic N) is 2. The number of aromatic nitrogens is 2. The molecule has 0 spiro atoms. The summed E-state index contributed by atoms with van der Waals surface area (Å²) < 4.78 is 13.3. The highest BCUT2D eigenvalue weighted by Gasteiger charge is 2.14. The molecular weight excluding hydrogens is 259 g/mol. The maximum atomic E-state index is 13.3. The van der Waals surface area contributed by atoms with Crippen LogP contribution in [-0.2, 0) is 0 Å². The zero-order valence-corrected chi connectivity index (χ0v) is 11.3. The van der Waals surface area contributed by atoms with Gasteiger partial charge in [0.1, 0.15) is 11.6 Å². The number of halogens is 1. The van der Waals surface area contributed by atoms with E-state index in [9.17, 15) is 9.18 Å². The lowest BCUT2D eigenvalue weighted by Crippen LogP contribution is -2.16. The molecule has 2 rings (SSSR count). The number of carbonyl (C=O) groups excluding carboxylic acids is 1. The molecule has 0 fully saturated rings. The molecule has 2 N–H and O–H groups in total. The molecule has 0 atom stereocenters. The first-order valence-electron chi connectivity index (χ1n) is 6.22. The molecule has 20 heavy (non-hydrogen) atoms. The highest BCUT2D eigenvalue weighted by Crippen LogP contribution is 2.16. The first kappa shape index (κ1) is 13.9. The third kappa shape index (κ3) is 3.28. The van der Waals surface area contributed by atoms with Gasteiger partial charge in [-0.1, -0.05) is 0 Å². The lowest BCUT2D eigenvalue weighted by Gasteiger charge is -2.10. The first-order valence-corrected chi connectivity index (χ1v) is 6.22. The predicted octanol–water partition coefficient (Wildman–Crippen LogP) is 2.61. The molecule has 0 aliphatic carbocycles. The van der Waals surface area contributed by atoms with Crippen LogP contribution in [0.2, 0.25) is 0 Å². The molecule has 2 aromatic rings. The van der Waals surface area contributed by atoms with Gasteiger partial charge in [0.15, 0.2) is 0 Å². The monoisotopic (exact) mass is 274 g/mol. The lowest BCUT2D eigenvalue weighted by molar-refractivity contribution is 0.102. The summed E-state index contributed by atoms with van der Waals surface area (Å²) in [5.74, 6) is -0.633. The number of pyridine rings is 2. The highest BCUT2D eigenvalue weighted by atomic mass is 19.1. The van der Waals surface area contributed by atoms with Crippen LogP contribution in [0.3, 0.4) is 0 Å². The molecule has 0 aliphatic rings. The molecule has 0 bridgehead atoms. The second-order valence-electron chi connectivity index (χ2n) is 4.29. The molecule has 2 aromatic heterocycles. The molecule has 0 radical (unpaired) electrons. The second-order valence-corrected chi connectivity index (χ2v) is 4.29. The third-order valence-electron chi connectivity index (χ3n) is 2.58. The largest absolute Gasteiger partial charge is 0.370 e. The van der Waals surface area contributed by atoms with E-state index < -0.39 is 11.7 Å². The Hall–Kier alpha value is -2.50. The van der Waals surface area contributed by atoms with E-state index in [1.54, 1.807) is 12.3 Å². The van der Waals surface area contributed by atoms with Crippen molar-refractivity contribution in [3.05, 3.63) is 47.7 Å². The maximum Gasteiger partial charge on any atom is 0.259 e. The minimum Gasteiger partial charge on any atom is -0.370 e. The van der Waals surface area contributed by atoms with Crippen molar-refractivity contribution in [1.29, 1.82) is 0 Å². The van der Waals surface area contributed by atoms with Crippen LogP contribution in [0.15, 0.2) is 30.7 Å². The molecule has 5 nitrogen and oxygen atoms in total. The van der Waals surface area contributed by atoms with Crippen LogP contribution in [0, 0.1) is 12.7 Å². The third-order valence-corrected chi connectivity index (χ3v) is 2.58. The van der Waals surface area contributed by atoms with Crippen LogP contribution >= 0.6 is 0 Å². The van der Waals surface area contributed by atoms with E-state index >= 15 is 0 Å². The summed E-state index contributed by atoms with van der Waals surface area (Å²) in [6, 6.07) is 2.94. The number of anilines is 2. The van der Waals surface area contributed by atoms with Crippen LogP contribution in [-0.4, -0.2) is 22.4 Å². The molecular formula is C14H15FN4O. The van der Waals surface area contributed by atoms with Crippen molar-refractivity contribution in [2.24, 2.45) is 0 Å². The maximum absolute atomic E-state index is 13.3. The summed E-state index contributed by atoms with van der Waals surface area (Å²) >= 11 is 0. The van der Waals surface area contributed by atoms with Crippen LogP contribution in [0.1, 0.15) is 22.8 Å². The molecule has 0 aromatic carbocycles. The molecule has 104 valence electrons. The quantitative estimate of drug-likeness (QED) is 0.899. The van der Waals surface area contributed by atoms with Gasteiger partial charge >= 0.3 is 0 Å². The van der Waals surface area contributed by atoms with Gasteiger partial charge in [0.05, 0.1) is 23.6 Å². The van der Waals surface area contributed by atoms with Gasteiger partial charge in [-0.15, -0.1) is 0 Å². The van der Waals surface area contributed by atoms with Gasteiger partial charge in [-0.2, -0.15) is 0 Å². The molecule has 1 amide bonds. The smallest absolute Gasteiger partial charge is 0.259 e. The van der Waals surface area contributed by atoms with Gasteiger partial charge in [-0.25, -0.2) is 9.37 Å². The summed E-state index contributed by atoms with van der Waals surface area (Å²) in [5, 5.41) is 5.60. The van der Waals surface area contributed by atoms with E-state index in [0.29, 0.717) is 18.1 Å². The minimum atomic E-state index is -0.556. The van der Waals surface area contributed by atoms with Crippen LogP contribution < -0.4 is 10.6 Å². The van der Waals surface area contributed by atoms with Crippen molar-refractivity contribution in [1.82, 2.24) is 9.97 Å². The van der Waals surface area contributed by atoms with Gasteiger partial charge in [0.25, 0.3) is 5.91 Å². The van der Waals surface area contributed by atoms with E-state index in [0.717, 1.165) is 17.8 Å². The number of nitrogens with one attached hydrogen (secondary N) is 2. The summed E-state index contributed by atoms with van der Waals surface area (Å²) in [4.78, 5) is 20.1. The first-order chi connectivity index (χ1) is 9.60. The topological polar surface area (TPSA) is 66.9 Å². The van der Waals surface area contributed by atoms with Crippen molar-refractivity contribution in [2.45, 2.75) is 13.8 Å². The average Bonchev–Trinajstić information content (AvgIpc) is 2.41. The van der Waals surface area contributed by atoms with Gasteiger partial charge in [-0.3, -0.25) is 9.78 Å². The number of rotatable bonds is 4. The molecule has 0 unspecified atom stereocenters. The van der Waals surface area contributed by atoms with E-state index in [1.807, 2.05) is 13.8 Å². The zero-order valence-electron chi connectivity index (χ0n) is 11.3. The SMILES string of the molecule is CCNc1ncc(F)cc1C(=O)Nc1cncc(C)c1. The van der Waals surface area contributed by atoms with Gasteiger partial charge in [0.2, 0.25) is 0 Å². The Kier molecular flexibility index (Phi) is 4.24. The van der Waals surface area contributed by atoms with Crippen molar-refractivity contribution in [3.8, 4) is 0 Å². The van der Waals surface area contributed by atoms with Crippen molar-refractivity contribution >= 4 is 17.4 Å². The molecule has 2 heterocycles. The Morgan fingerprint density at radius 3 is 2.80 bits per heavy atom. The fourth-order valence-electron chi connectivity index (χ4n) is 1.74. The van der Waals surface area contributed by atoms with Gasteiger partial charge < -0.3 is 10.6 Å². The number of amides is 1. The summed E-state index contributed by atoms with van der Waals surface area (Å²) in [7, 11) is 0. The second kappa shape index (κ2) is 6.10. The zero-order chi connectivity index (χ0) is 14.5. The molecule has 0 saturated heterocycles. The lowest BCUT2D eigenvalue weighted by atomic mass is 10.2. The van der Waals surface area contributed by atoms with Crippen LogP contribution in [0.4, 0.5) is 15.9 Å². The fraction of sp³-hybridized carbons (Fsp3) is 0.214. The Balaban J connectivity index is 2.26. The number of carbonyl (C=O) groups is 1. The van der Waals surface area contributed by atoms with Crippen molar-refractivity contribution in [3.63, 3.8) is 0 Å². The Morgan fingerprint density at radius 2 is 2.10 bits per heavy atom. The number of aryl methyl sites for hydroxylation is 1. The Bertz CT molecular complexity index is 630. The summed E-state index contributed by atoms with van der Waals surface area (Å²) in [6.45, 7) is 4.33. The summed E-state index contributed by atoms with van der Waals surface area (Å²) in [5.41, 5.74) is 1.64. The van der Waals surface area contributed by atoms with E-state index in [2.05, 4.69) is 20.6 Å². The Labute approximate surface area is 116 Å². The van der Waals surface area contributed by atoms with Crippen molar-refractivity contribution in [2.75, 3.05) is 17.2 Å². The van der Waals surface area contributed by atoms with Gasteiger partial charge in [-0.05, 0) is 31.5 Å². The Morgan fingerprint density at radius 1 is 1.30 bits per heavy atom. The fourth-order valence-corrected chi connectivity index (χ4v) is 1.74. The standard InChI is InChI=1S/C14H15FN4O/c1-3-17-13-12(5-10(15)7-18-13)14(20)19-11-4-9(2)6-16-8-11/h4-8H,3H2,1-2H3,(H,17,18)(H,19,20). The molecule has 0 saturated carbocycles. The highest BCUT2D eigenvalue weighted by molar-refractivity contribution is 6.07. The molecule has 6 heteroatoms. The summed E-state index contributed by atoms with van der Waals surface area (Å²) in [6.07, 6.45) is 4.29. The molecule has 0 aliphatic heterocycles. The van der Waals surface area contributed by atoms with Crippen LogP contribution in [0.5, 0.6) is 0 Å². The van der Waals surface area contributed by atoms with Crippen molar-refractivity contribution < 1.29 is 9.18 Å². The number of hydrogen-bond donors (Lipinski definition) is 2. The van der Waals surface area contributed by atoms with Gasteiger partial charge in [0, 0.05) is 12.7 Å². The minimum absolute atomic E-state index is 0.161. The predicted molar refractivity (Wildman–Crippen MR) is 75.3 cm³/mol. The normalized spacial score (nSPS) is 10.2. The van der Waals surface area contributed by atoms with Crippen LogP contribution in [0.25, 0.3) is 0 Å². The number of hydrogen-bond acceptors (Lipinski definition) is 4. The van der Waals surface area contributed by atoms with E-state index in [1.165, 1.54) is 6.20 Å². The van der Waals surface area contributed by atoms with E-state index in [4.69, 9.17) is 0 Å². The van der Waals surface area contributed by atoms with E-state index in [-0.39, 0.29) is 5.56 Å². The average molecular weight is 274 g/mol.